The standard InChI is InChI=1S/C6H6Cl2N4OS/c1-3(14-2)12-13-6-10-4(7)9-5(8)11-6/h12H,1H2,2H3. The average molecular weight is 253 g/mol. The predicted octanol–water partition coefficient (Wildman–Crippen LogP) is 1.90. The lowest BCUT2D eigenvalue weighted by Gasteiger charge is -2.05. The molecule has 1 heterocycles. The summed E-state index contributed by atoms with van der Waals surface area (Å²) in [4.78, 5) is 15.8. The molecule has 14 heavy (non-hydrogen) atoms. The van der Waals surface area contributed by atoms with E-state index in [1.165, 1.54) is 11.8 Å². The summed E-state index contributed by atoms with van der Waals surface area (Å²) in [5.74, 6) is 0. The summed E-state index contributed by atoms with van der Waals surface area (Å²) in [6.07, 6.45) is 1.84. The number of hydrogen-bond acceptors (Lipinski definition) is 6. The van der Waals surface area contributed by atoms with Crippen molar-refractivity contribution in [1.29, 1.82) is 0 Å². The van der Waals surface area contributed by atoms with Gasteiger partial charge in [-0.15, -0.1) is 11.8 Å². The molecular weight excluding hydrogens is 247 g/mol. The van der Waals surface area contributed by atoms with Crippen molar-refractivity contribution in [2.75, 3.05) is 6.26 Å². The van der Waals surface area contributed by atoms with Gasteiger partial charge in [0.2, 0.25) is 10.6 Å². The van der Waals surface area contributed by atoms with Crippen molar-refractivity contribution < 1.29 is 4.84 Å². The Morgan fingerprint density at radius 2 is 1.93 bits per heavy atom. The maximum Gasteiger partial charge on any atom is 0.348 e. The van der Waals surface area contributed by atoms with Crippen LogP contribution < -0.4 is 10.3 Å². The summed E-state index contributed by atoms with van der Waals surface area (Å²) < 4.78 is 0. The van der Waals surface area contributed by atoms with Gasteiger partial charge in [-0.3, -0.25) is 0 Å². The Morgan fingerprint density at radius 1 is 1.36 bits per heavy atom. The molecule has 76 valence electrons. The molecule has 0 saturated carbocycles. The van der Waals surface area contributed by atoms with Crippen molar-refractivity contribution in [3.63, 3.8) is 0 Å². The molecule has 0 fully saturated rings. The molecule has 1 aromatic rings. The van der Waals surface area contributed by atoms with Gasteiger partial charge in [0.25, 0.3) is 0 Å². The molecule has 0 aliphatic rings. The van der Waals surface area contributed by atoms with Crippen LogP contribution in [-0.4, -0.2) is 21.2 Å². The van der Waals surface area contributed by atoms with Crippen LogP contribution in [0.15, 0.2) is 11.6 Å². The van der Waals surface area contributed by atoms with Crippen LogP contribution in [-0.2, 0) is 0 Å². The van der Waals surface area contributed by atoms with E-state index < -0.39 is 0 Å². The third-order valence-electron chi connectivity index (χ3n) is 1.06. The fourth-order valence-corrected chi connectivity index (χ4v) is 0.972. The molecule has 8 heteroatoms. The van der Waals surface area contributed by atoms with Crippen LogP contribution in [0.5, 0.6) is 6.01 Å². The summed E-state index contributed by atoms with van der Waals surface area (Å²) in [5, 5.41) is 0.547. The van der Waals surface area contributed by atoms with Gasteiger partial charge in [0, 0.05) is 0 Å². The monoisotopic (exact) mass is 252 g/mol. The number of aromatic nitrogens is 3. The van der Waals surface area contributed by atoms with Crippen LogP contribution in [0.3, 0.4) is 0 Å². The number of nitrogens with zero attached hydrogens (tertiary/aromatic N) is 3. The SMILES string of the molecule is C=C(NOc1nc(Cl)nc(Cl)n1)SC. The third kappa shape index (κ3) is 3.57. The fraction of sp³-hybridized carbons (Fsp3) is 0.167. The maximum absolute atomic E-state index is 5.52. The summed E-state index contributed by atoms with van der Waals surface area (Å²) in [6, 6.07) is -0.00907. The minimum absolute atomic E-state index is 0.00907. The Morgan fingerprint density at radius 3 is 2.43 bits per heavy atom. The number of halogens is 2. The first kappa shape index (κ1) is 11.4. The van der Waals surface area contributed by atoms with Crippen LogP contribution in [0.1, 0.15) is 0 Å². The van der Waals surface area contributed by atoms with Crippen molar-refractivity contribution >= 4 is 35.0 Å². The minimum Gasteiger partial charge on any atom is -0.339 e. The highest BCUT2D eigenvalue weighted by Gasteiger charge is 2.04. The first-order valence-electron chi connectivity index (χ1n) is 3.34. The van der Waals surface area contributed by atoms with E-state index in [1.54, 1.807) is 0 Å². The molecule has 0 spiro atoms. The highest BCUT2D eigenvalue weighted by molar-refractivity contribution is 8.02. The van der Waals surface area contributed by atoms with Crippen LogP contribution >= 0.6 is 35.0 Å². The van der Waals surface area contributed by atoms with E-state index in [0.717, 1.165) is 0 Å². The van der Waals surface area contributed by atoms with Crippen molar-refractivity contribution in [3.05, 3.63) is 22.2 Å². The van der Waals surface area contributed by atoms with Gasteiger partial charge in [0.1, 0.15) is 0 Å². The molecule has 0 saturated heterocycles. The van der Waals surface area contributed by atoms with Gasteiger partial charge in [0.15, 0.2) is 0 Å². The molecular formula is C6H6Cl2N4OS. The van der Waals surface area contributed by atoms with Crippen molar-refractivity contribution in [1.82, 2.24) is 20.4 Å². The molecule has 1 N–H and O–H groups in total. The molecule has 0 aromatic carbocycles. The van der Waals surface area contributed by atoms with E-state index >= 15 is 0 Å². The van der Waals surface area contributed by atoms with Crippen molar-refractivity contribution in [2.45, 2.75) is 0 Å². The van der Waals surface area contributed by atoms with Crippen LogP contribution in [0, 0.1) is 0 Å². The van der Waals surface area contributed by atoms with E-state index in [2.05, 4.69) is 27.0 Å². The Bertz CT molecular complexity index is 328. The van der Waals surface area contributed by atoms with Gasteiger partial charge in [-0.2, -0.15) is 15.0 Å². The van der Waals surface area contributed by atoms with Gasteiger partial charge < -0.3 is 4.84 Å². The first-order chi connectivity index (χ1) is 6.61. The van der Waals surface area contributed by atoms with Crippen molar-refractivity contribution in [3.8, 4) is 6.01 Å². The number of rotatable bonds is 4. The lowest BCUT2D eigenvalue weighted by molar-refractivity contribution is 0.217. The lowest BCUT2D eigenvalue weighted by Crippen LogP contribution is -2.17. The second-order valence-electron chi connectivity index (χ2n) is 1.99. The highest BCUT2D eigenvalue weighted by Crippen LogP contribution is 2.11. The highest BCUT2D eigenvalue weighted by atomic mass is 35.5. The van der Waals surface area contributed by atoms with Crippen molar-refractivity contribution in [2.24, 2.45) is 0 Å². The normalized spacial score (nSPS) is 9.64. The van der Waals surface area contributed by atoms with E-state index in [1.807, 2.05) is 6.26 Å². The Balaban J connectivity index is 2.63. The van der Waals surface area contributed by atoms with Crippen LogP contribution in [0.4, 0.5) is 0 Å². The number of hydrogen-bond donors (Lipinski definition) is 1. The number of thioether (sulfide) groups is 1. The summed E-state index contributed by atoms with van der Waals surface area (Å²) in [5.41, 5.74) is 2.50. The summed E-state index contributed by atoms with van der Waals surface area (Å²) in [6.45, 7) is 3.62. The molecule has 0 unspecified atom stereocenters. The zero-order valence-corrected chi connectivity index (χ0v) is 9.45. The van der Waals surface area contributed by atoms with Crippen LogP contribution in [0.25, 0.3) is 0 Å². The molecule has 0 aliphatic carbocycles. The molecule has 0 bridgehead atoms. The topological polar surface area (TPSA) is 59.9 Å². The maximum atomic E-state index is 5.52. The molecule has 0 radical (unpaired) electrons. The Labute approximate surface area is 94.8 Å². The quantitative estimate of drug-likeness (QED) is 0.827. The molecule has 5 nitrogen and oxygen atoms in total. The van der Waals surface area contributed by atoms with E-state index in [-0.39, 0.29) is 16.6 Å². The summed E-state index contributed by atoms with van der Waals surface area (Å²) >= 11 is 12.4. The summed E-state index contributed by atoms with van der Waals surface area (Å²) in [7, 11) is 0. The molecule has 0 atom stereocenters. The Kier molecular flexibility index (Phi) is 4.24. The second-order valence-corrected chi connectivity index (χ2v) is 3.56. The zero-order chi connectivity index (χ0) is 10.6. The smallest absolute Gasteiger partial charge is 0.339 e. The van der Waals surface area contributed by atoms with Gasteiger partial charge in [-0.05, 0) is 29.5 Å². The zero-order valence-electron chi connectivity index (χ0n) is 7.12. The largest absolute Gasteiger partial charge is 0.348 e. The first-order valence-corrected chi connectivity index (χ1v) is 5.32. The molecule has 1 aromatic heterocycles. The van der Waals surface area contributed by atoms with E-state index in [0.29, 0.717) is 5.03 Å². The van der Waals surface area contributed by atoms with Gasteiger partial charge in [0.05, 0.1) is 5.03 Å². The number of nitrogens with one attached hydrogen (secondary N) is 1. The average Bonchev–Trinajstić information content (AvgIpc) is 2.12. The Hall–Kier alpha value is -0.720. The second kappa shape index (κ2) is 5.23. The van der Waals surface area contributed by atoms with E-state index in [4.69, 9.17) is 28.0 Å². The lowest BCUT2D eigenvalue weighted by atomic mass is 11.0. The number of hydroxylamine groups is 1. The van der Waals surface area contributed by atoms with Gasteiger partial charge in [-0.1, -0.05) is 6.58 Å². The van der Waals surface area contributed by atoms with Gasteiger partial charge >= 0.3 is 6.01 Å². The fourth-order valence-electron chi connectivity index (χ4n) is 0.499. The van der Waals surface area contributed by atoms with Crippen LogP contribution in [0.2, 0.25) is 10.6 Å². The molecule has 0 aliphatic heterocycles. The van der Waals surface area contributed by atoms with E-state index in [9.17, 15) is 0 Å². The minimum atomic E-state index is -0.0310. The molecule has 0 amide bonds. The predicted molar refractivity (Wildman–Crippen MR) is 56.3 cm³/mol. The molecule has 1 rings (SSSR count). The third-order valence-corrected chi connectivity index (χ3v) is 1.98. The van der Waals surface area contributed by atoms with Gasteiger partial charge in [-0.25, -0.2) is 5.48 Å².